The molecule has 0 radical (unpaired) electrons. The summed E-state index contributed by atoms with van der Waals surface area (Å²) in [7, 11) is 0. The van der Waals surface area contributed by atoms with Gasteiger partial charge in [-0.2, -0.15) is 0 Å². The van der Waals surface area contributed by atoms with Gasteiger partial charge in [0.15, 0.2) is 0 Å². The Hall–Kier alpha value is -2.49. The average Bonchev–Trinajstić information content (AvgIpc) is 2.38. The molecule has 92 valence electrons. The van der Waals surface area contributed by atoms with Crippen molar-refractivity contribution in [2.45, 2.75) is 6.92 Å². The van der Waals surface area contributed by atoms with Gasteiger partial charge in [-0.1, -0.05) is 48.0 Å². The standard InChI is InChI=1S/C14H15N3O/c1-10-6-8-11(9-7-10)12-4-2-3-5-13(12)16-17-14(15)18/h2-9,16H,1H3,(H3,15,17,18). The molecule has 4 heteroatoms. The van der Waals surface area contributed by atoms with Gasteiger partial charge in [0.05, 0.1) is 5.69 Å². The molecule has 0 atom stereocenters. The first-order valence-electron chi connectivity index (χ1n) is 5.64. The summed E-state index contributed by atoms with van der Waals surface area (Å²) in [5, 5.41) is 0. The predicted octanol–water partition coefficient (Wildman–Crippen LogP) is 2.66. The Morgan fingerprint density at radius 3 is 2.39 bits per heavy atom. The lowest BCUT2D eigenvalue weighted by Crippen LogP contribution is -2.34. The van der Waals surface area contributed by atoms with E-state index in [1.165, 1.54) is 5.56 Å². The molecule has 0 bridgehead atoms. The van der Waals surface area contributed by atoms with Crippen molar-refractivity contribution >= 4 is 11.7 Å². The van der Waals surface area contributed by atoms with Gasteiger partial charge in [-0.25, -0.2) is 4.79 Å². The Balaban J connectivity index is 2.32. The first-order valence-corrected chi connectivity index (χ1v) is 5.64. The molecule has 0 heterocycles. The molecule has 2 aromatic rings. The number of hydrogen-bond acceptors (Lipinski definition) is 2. The van der Waals surface area contributed by atoms with Crippen molar-refractivity contribution in [1.82, 2.24) is 5.43 Å². The maximum atomic E-state index is 10.7. The summed E-state index contributed by atoms with van der Waals surface area (Å²) in [6.07, 6.45) is 0. The largest absolute Gasteiger partial charge is 0.350 e. The molecule has 0 saturated heterocycles. The second-order valence-electron chi connectivity index (χ2n) is 4.03. The molecule has 2 aromatic carbocycles. The number of urea groups is 1. The molecule has 2 rings (SSSR count). The van der Waals surface area contributed by atoms with E-state index >= 15 is 0 Å². The number of nitrogens with one attached hydrogen (secondary N) is 2. The lowest BCUT2D eigenvalue weighted by atomic mass is 10.0. The first-order chi connectivity index (χ1) is 8.66. The molecule has 4 nitrogen and oxygen atoms in total. The highest BCUT2D eigenvalue weighted by Gasteiger charge is 2.04. The first kappa shape index (κ1) is 12.0. The number of aryl methyl sites for hydroxylation is 1. The van der Waals surface area contributed by atoms with E-state index in [0.717, 1.165) is 16.8 Å². The fourth-order valence-electron chi connectivity index (χ4n) is 1.71. The summed E-state index contributed by atoms with van der Waals surface area (Å²) < 4.78 is 0. The summed E-state index contributed by atoms with van der Waals surface area (Å²) in [6, 6.07) is 15.3. The maximum Gasteiger partial charge on any atom is 0.330 e. The second-order valence-corrected chi connectivity index (χ2v) is 4.03. The van der Waals surface area contributed by atoms with Crippen LogP contribution in [0, 0.1) is 6.92 Å². The Bertz CT molecular complexity index is 549. The topological polar surface area (TPSA) is 67.2 Å². The van der Waals surface area contributed by atoms with E-state index in [9.17, 15) is 4.79 Å². The van der Waals surface area contributed by atoms with Crippen LogP contribution in [-0.4, -0.2) is 6.03 Å². The van der Waals surface area contributed by atoms with Crippen LogP contribution in [-0.2, 0) is 0 Å². The molecule has 0 aromatic heterocycles. The number of nitrogens with two attached hydrogens (primary N) is 1. The van der Waals surface area contributed by atoms with Gasteiger partial charge >= 0.3 is 6.03 Å². The molecule has 0 aliphatic rings. The van der Waals surface area contributed by atoms with E-state index in [2.05, 4.69) is 10.9 Å². The molecule has 4 N–H and O–H groups in total. The maximum absolute atomic E-state index is 10.7. The van der Waals surface area contributed by atoms with Crippen molar-refractivity contribution in [2.75, 3.05) is 5.43 Å². The molecular formula is C14H15N3O. The third-order valence-electron chi connectivity index (χ3n) is 2.61. The fraction of sp³-hybridized carbons (Fsp3) is 0.0714. The zero-order chi connectivity index (χ0) is 13.0. The van der Waals surface area contributed by atoms with Crippen LogP contribution in [0.25, 0.3) is 11.1 Å². The Morgan fingerprint density at radius 2 is 1.72 bits per heavy atom. The summed E-state index contributed by atoms with van der Waals surface area (Å²) in [6.45, 7) is 2.04. The van der Waals surface area contributed by atoms with Crippen molar-refractivity contribution in [3.05, 3.63) is 54.1 Å². The van der Waals surface area contributed by atoms with Gasteiger partial charge in [0.25, 0.3) is 0 Å². The molecule has 0 aliphatic carbocycles. The number of carbonyl (C=O) groups is 1. The van der Waals surface area contributed by atoms with E-state index in [4.69, 9.17) is 5.73 Å². The van der Waals surface area contributed by atoms with E-state index in [-0.39, 0.29) is 0 Å². The molecule has 0 saturated carbocycles. The minimum Gasteiger partial charge on any atom is -0.350 e. The molecular weight excluding hydrogens is 226 g/mol. The van der Waals surface area contributed by atoms with Gasteiger partial charge in [0.1, 0.15) is 0 Å². The number of rotatable bonds is 3. The highest BCUT2D eigenvalue weighted by molar-refractivity contribution is 5.80. The van der Waals surface area contributed by atoms with Crippen molar-refractivity contribution < 1.29 is 4.79 Å². The zero-order valence-corrected chi connectivity index (χ0v) is 10.1. The normalized spacial score (nSPS) is 9.83. The van der Waals surface area contributed by atoms with Gasteiger partial charge in [-0.3, -0.25) is 10.9 Å². The summed E-state index contributed by atoms with van der Waals surface area (Å²) in [5.41, 5.74) is 14.3. The Labute approximate surface area is 106 Å². The van der Waals surface area contributed by atoms with Crippen molar-refractivity contribution in [3.8, 4) is 11.1 Å². The molecule has 0 fully saturated rings. The number of para-hydroxylation sites is 1. The van der Waals surface area contributed by atoms with Crippen molar-refractivity contribution in [1.29, 1.82) is 0 Å². The lowest BCUT2D eigenvalue weighted by molar-refractivity contribution is 0.250. The van der Waals surface area contributed by atoms with Gasteiger partial charge in [0, 0.05) is 5.56 Å². The molecule has 0 spiro atoms. The van der Waals surface area contributed by atoms with E-state index in [1.54, 1.807) is 0 Å². The molecule has 0 aliphatic heterocycles. The van der Waals surface area contributed by atoms with Gasteiger partial charge in [-0.05, 0) is 18.6 Å². The number of hydrogen-bond donors (Lipinski definition) is 3. The van der Waals surface area contributed by atoms with Gasteiger partial charge in [-0.15, -0.1) is 0 Å². The van der Waals surface area contributed by atoms with Crippen molar-refractivity contribution in [3.63, 3.8) is 0 Å². The highest BCUT2D eigenvalue weighted by Crippen LogP contribution is 2.27. The predicted molar refractivity (Wildman–Crippen MR) is 73.0 cm³/mol. The van der Waals surface area contributed by atoms with Crippen LogP contribution in [0.15, 0.2) is 48.5 Å². The quantitative estimate of drug-likeness (QED) is 0.723. The number of anilines is 1. The SMILES string of the molecule is Cc1ccc(-c2ccccc2NNC(N)=O)cc1. The van der Waals surface area contributed by atoms with Crippen LogP contribution in [0.2, 0.25) is 0 Å². The number of amides is 2. The third kappa shape index (κ3) is 2.79. The van der Waals surface area contributed by atoms with Crippen LogP contribution in [0.5, 0.6) is 0 Å². The summed E-state index contributed by atoms with van der Waals surface area (Å²) in [5.74, 6) is 0. The van der Waals surface area contributed by atoms with Crippen LogP contribution in [0.4, 0.5) is 10.5 Å². The number of hydrazine groups is 1. The summed E-state index contributed by atoms with van der Waals surface area (Å²) in [4.78, 5) is 10.7. The van der Waals surface area contributed by atoms with Crippen LogP contribution < -0.4 is 16.6 Å². The average molecular weight is 241 g/mol. The fourth-order valence-corrected chi connectivity index (χ4v) is 1.71. The highest BCUT2D eigenvalue weighted by atomic mass is 16.2. The smallest absolute Gasteiger partial charge is 0.330 e. The van der Waals surface area contributed by atoms with Crippen molar-refractivity contribution in [2.24, 2.45) is 5.73 Å². The number of primary amides is 1. The van der Waals surface area contributed by atoms with Crippen LogP contribution in [0.1, 0.15) is 5.56 Å². The van der Waals surface area contributed by atoms with E-state index < -0.39 is 6.03 Å². The van der Waals surface area contributed by atoms with Gasteiger partial charge < -0.3 is 5.73 Å². The molecule has 18 heavy (non-hydrogen) atoms. The van der Waals surface area contributed by atoms with Crippen LogP contribution in [0.3, 0.4) is 0 Å². The monoisotopic (exact) mass is 241 g/mol. The number of carbonyl (C=O) groups excluding carboxylic acids is 1. The van der Waals surface area contributed by atoms with E-state index in [0.29, 0.717) is 0 Å². The Kier molecular flexibility index (Phi) is 3.48. The van der Waals surface area contributed by atoms with Gasteiger partial charge in [0.2, 0.25) is 0 Å². The Morgan fingerprint density at radius 1 is 1.06 bits per heavy atom. The second kappa shape index (κ2) is 5.23. The molecule has 0 unspecified atom stereocenters. The minimum atomic E-state index is -0.617. The summed E-state index contributed by atoms with van der Waals surface area (Å²) >= 11 is 0. The van der Waals surface area contributed by atoms with E-state index in [1.807, 2.05) is 55.5 Å². The minimum absolute atomic E-state index is 0.617. The molecule has 2 amide bonds. The third-order valence-corrected chi connectivity index (χ3v) is 2.61. The lowest BCUT2D eigenvalue weighted by Gasteiger charge is -2.12. The van der Waals surface area contributed by atoms with Crippen LogP contribution >= 0.6 is 0 Å². The zero-order valence-electron chi connectivity index (χ0n) is 10.1. The number of benzene rings is 2.